The lowest BCUT2D eigenvalue weighted by Gasteiger charge is -2.25. The van der Waals surface area contributed by atoms with Gasteiger partial charge in [0.05, 0.1) is 12.5 Å². The Morgan fingerprint density at radius 1 is 1.05 bits per heavy atom. The third kappa shape index (κ3) is 6.26. The number of ether oxygens (including phenoxy) is 2. The monoisotopic (exact) mass is 581 g/mol. The van der Waals surface area contributed by atoms with Gasteiger partial charge in [0.1, 0.15) is 5.60 Å². The van der Waals surface area contributed by atoms with E-state index in [1.807, 2.05) is 72.8 Å². The smallest absolute Gasteiger partial charge is 0.466 e. The van der Waals surface area contributed by atoms with E-state index in [1.165, 1.54) is 5.01 Å². The normalized spacial score (nSPS) is 20.6. The van der Waals surface area contributed by atoms with E-state index in [0.29, 0.717) is 31.0 Å². The molecule has 0 spiro atoms. The van der Waals surface area contributed by atoms with Crippen LogP contribution in [0, 0.1) is 5.92 Å². The Bertz CT molecular complexity index is 1550. The van der Waals surface area contributed by atoms with E-state index < -0.39 is 11.8 Å². The molecule has 1 aliphatic heterocycles. The Kier molecular flexibility index (Phi) is 7.88. The predicted molar refractivity (Wildman–Crippen MR) is 161 cm³/mol. The fraction of sp³-hybridized carbons (Fsp3) is 0.353. The van der Waals surface area contributed by atoms with Crippen LogP contribution in [0.5, 0.6) is 0 Å². The predicted octanol–water partition coefficient (Wildman–Crippen LogP) is 5.87. The van der Waals surface area contributed by atoms with Crippen molar-refractivity contribution in [3.8, 4) is 0 Å². The summed E-state index contributed by atoms with van der Waals surface area (Å²) in [6, 6.07) is 23.1. The van der Waals surface area contributed by atoms with Crippen LogP contribution in [0.4, 0.5) is 10.5 Å². The molecule has 1 fully saturated rings. The van der Waals surface area contributed by atoms with Crippen molar-refractivity contribution in [3.05, 3.63) is 101 Å². The minimum Gasteiger partial charge on any atom is -0.466 e. The van der Waals surface area contributed by atoms with Crippen molar-refractivity contribution in [3.63, 3.8) is 0 Å². The molecule has 0 radical (unpaired) electrons. The van der Waals surface area contributed by atoms with Crippen LogP contribution in [0.15, 0.2) is 77.9 Å². The SMILES string of the molecule is CC1(OC(=O)O)Cc2cccc(NC(=O)C(c3ccc(CN4N=C(c5ccccc5)OCC4=O)cc3)C3CCCC3)c2C1. The molecule has 0 saturated heterocycles. The summed E-state index contributed by atoms with van der Waals surface area (Å²) >= 11 is 0. The molecular formula is C34H35N3O6. The number of hydrogen-bond acceptors (Lipinski definition) is 6. The lowest BCUT2D eigenvalue weighted by molar-refractivity contribution is -0.136. The third-order valence-electron chi connectivity index (χ3n) is 8.66. The summed E-state index contributed by atoms with van der Waals surface area (Å²) in [6.07, 6.45) is 3.73. The zero-order valence-electron chi connectivity index (χ0n) is 24.1. The summed E-state index contributed by atoms with van der Waals surface area (Å²) in [4.78, 5) is 37.8. The first kappa shape index (κ1) is 28.5. The molecule has 222 valence electrons. The molecule has 2 unspecified atom stereocenters. The number of fused-ring (bicyclic) bond motifs is 1. The summed E-state index contributed by atoms with van der Waals surface area (Å²) in [6.45, 7) is 2.01. The van der Waals surface area contributed by atoms with Gasteiger partial charge in [-0.1, -0.05) is 67.4 Å². The Balaban J connectivity index is 1.20. The van der Waals surface area contributed by atoms with Crippen LogP contribution in [0.25, 0.3) is 0 Å². The fourth-order valence-corrected chi connectivity index (χ4v) is 6.63. The van der Waals surface area contributed by atoms with Crippen LogP contribution >= 0.6 is 0 Å². The highest BCUT2D eigenvalue weighted by Crippen LogP contribution is 2.40. The highest BCUT2D eigenvalue weighted by molar-refractivity contribution is 5.98. The van der Waals surface area contributed by atoms with Crippen LogP contribution in [0.3, 0.4) is 0 Å². The van der Waals surface area contributed by atoms with Crippen molar-refractivity contribution in [1.29, 1.82) is 0 Å². The molecule has 9 nitrogen and oxygen atoms in total. The zero-order chi connectivity index (χ0) is 30.0. The van der Waals surface area contributed by atoms with Gasteiger partial charge < -0.3 is 19.9 Å². The molecule has 3 aromatic rings. The minimum atomic E-state index is -1.30. The first-order chi connectivity index (χ1) is 20.8. The number of amides is 2. The topological polar surface area (TPSA) is 118 Å². The maximum atomic E-state index is 13.9. The zero-order valence-corrected chi connectivity index (χ0v) is 24.1. The van der Waals surface area contributed by atoms with Gasteiger partial charge in [0.2, 0.25) is 11.8 Å². The van der Waals surface area contributed by atoms with Crippen molar-refractivity contribution < 1.29 is 29.0 Å². The van der Waals surface area contributed by atoms with Crippen LogP contribution < -0.4 is 5.32 Å². The lowest BCUT2D eigenvalue weighted by atomic mass is 9.83. The highest BCUT2D eigenvalue weighted by atomic mass is 16.7. The molecule has 3 aromatic carbocycles. The second kappa shape index (κ2) is 11.9. The van der Waals surface area contributed by atoms with E-state index in [0.717, 1.165) is 53.5 Å². The molecule has 2 amide bonds. The number of benzene rings is 3. The molecule has 0 aromatic heterocycles. The quantitative estimate of drug-likeness (QED) is 0.321. The Hall–Kier alpha value is -4.66. The van der Waals surface area contributed by atoms with Crippen molar-refractivity contribution >= 4 is 29.6 Å². The van der Waals surface area contributed by atoms with E-state index in [1.54, 1.807) is 6.92 Å². The van der Waals surface area contributed by atoms with Crippen molar-refractivity contribution in [2.24, 2.45) is 11.0 Å². The first-order valence-corrected chi connectivity index (χ1v) is 14.8. The number of hydrogen-bond donors (Lipinski definition) is 2. The number of nitrogens with one attached hydrogen (secondary N) is 1. The molecule has 1 saturated carbocycles. The van der Waals surface area contributed by atoms with Gasteiger partial charge >= 0.3 is 6.16 Å². The number of carboxylic acid groups (broad SMARTS) is 1. The van der Waals surface area contributed by atoms with Crippen molar-refractivity contribution in [1.82, 2.24) is 5.01 Å². The second-order valence-corrected chi connectivity index (χ2v) is 11.9. The highest BCUT2D eigenvalue weighted by Gasteiger charge is 2.39. The summed E-state index contributed by atoms with van der Waals surface area (Å²) in [7, 11) is 0. The number of carbonyl (C=O) groups excluding carboxylic acids is 2. The standard InChI is InChI=1S/C34H35N3O6/c1-34(43-33(40)41)18-26-12-7-13-28(27(26)19-34)35-31(39)30(23-8-5-6-9-23)24-16-14-22(15-17-24)20-37-29(38)21-42-32(36-37)25-10-3-2-4-11-25/h2-4,7,10-17,23,30H,5-6,8-9,18-21H2,1H3,(H,35,39)(H,40,41). The van der Waals surface area contributed by atoms with Gasteiger partial charge in [-0.2, -0.15) is 0 Å². The molecule has 2 N–H and O–H groups in total. The Labute approximate surface area is 250 Å². The molecule has 43 heavy (non-hydrogen) atoms. The summed E-state index contributed by atoms with van der Waals surface area (Å²) < 4.78 is 10.8. The molecule has 6 rings (SSSR count). The number of nitrogens with zero attached hydrogens (tertiary/aromatic N) is 2. The average Bonchev–Trinajstić information content (AvgIpc) is 3.63. The van der Waals surface area contributed by atoms with Gasteiger partial charge in [-0.15, -0.1) is 5.10 Å². The number of anilines is 1. The average molecular weight is 582 g/mol. The Morgan fingerprint density at radius 3 is 2.51 bits per heavy atom. The van der Waals surface area contributed by atoms with Gasteiger partial charge in [-0.25, -0.2) is 9.80 Å². The summed E-state index contributed by atoms with van der Waals surface area (Å²) in [5.41, 5.74) is 4.40. The van der Waals surface area contributed by atoms with Gasteiger partial charge in [0, 0.05) is 24.1 Å². The van der Waals surface area contributed by atoms with Gasteiger partial charge in [-0.3, -0.25) is 9.59 Å². The van der Waals surface area contributed by atoms with Crippen molar-refractivity contribution in [2.75, 3.05) is 11.9 Å². The summed E-state index contributed by atoms with van der Waals surface area (Å²) in [5.74, 6) is 0.0239. The lowest BCUT2D eigenvalue weighted by Crippen LogP contribution is -2.36. The molecule has 9 heteroatoms. The molecular weight excluding hydrogens is 546 g/mol. The number of carbonyl (C=O) groups is 3. The van der Waals surface area contributed by atoms with Crippen molar-refractivity contribution in [2.45, 2.75) is 63.5 Å². The van der Waals surface area contributed by atoms with E-state index in [4.69, 9.17) is 9.47 Å². The molecule has 2 atom stereocenters. The maximum absolute atomic E-state index is 13.9. The number of hydrazone groups is 1. The molecule has 1 heterocycles. The van der Waals surface area contributed by atoms with Crippen LogP contribution in [-0.2, 0) is 38.4 Å². The minimum absolute atomic E-state index is 0.0683. The van der Waals surface area contributed by atoms with E-state index >= 15 is 0 Å². The number of rotatable bonds is 8. The Morgan fingerprint density at radius 2 is 1.79 bits per heavy atom. The van der Waals surface area contributed by atoms with E-state index in [2.05, 4.69) is 10.4 Å². The van der Waals surface area contributed by atoms with E-state index in [-0.39, 0.29) is 30.3 Å². The first-order valence-electron chi connectivity index (χ1n) is 14.8. The maximum Gasteiger partial charge on any atom is 0.506 e. The molecule has 3 aliphatic rings. The van der Waals surface area contributed by atoms with Crippen LogP contribution in [0.2, 0.25) is 0 Å². The summed E-state index contributed by atoms with van der Waals surface area (Å²) in [5, 5.41) is 18.3. The van der Waals surface area contributed by atoms with Gasteiger partial charge in [-0.05, 0) is 66.1 Å². The fourth-order valence-electron chi connectivity index (χ4n) is 6.63. The van der Waals surface area contributed by atoms with Gasteiger partial charge in [0.15, 0.2) is 6.61 Å². The van der Waals surface area contributed by atoms with Crippen LogP contribution in [0.1, 0.15) is 66.3 Å². The van der Waals surface area contributed by atoms with Gasteiger partial charge in [0.25, 0.3) is 5.91 Å². The molecule has 0 bridgehead atoms. The third-order valence-corrected chi connectivity index (χ3v) is 8.66. The molecule has 2 aliphatic carbocycles. The van der Waals surface area contributed by atoms with Crippen LogP contribution in [-0.4, -0.2) is 46.2 Å². The van der Waals surface area contributed by atoms with E-state index in [9.17, 15) is 19.5 Å². The largest absolute Gasteiger partial charge is 0.506 e. The second-order valence-electron chi connectivity index (χ2n) is 11.9.